The van der Waals surface area contributed by atoms with Gasteiger partial charge in [0.2, 0.25) is 0 Å². The van der Waals surface area contributed by atoms with Crippen molar-refractivity contribution in [2.75, 3.05) is 48.0 Å². The van der Waals surface area contributed by atoms with Crippen molar-refractivity contribution in [2.45, 2.75) is 45.2 Å². The number of nitrogens with zero attached hydrogens (tertiary/aromatic N) is 2. The number of nitrogens with one attached hydrogen (secondary N) is 2. The van der Waals surface area contributed by atoms with Crippen LogP contribution >= 0.6 is 24.0 Å². The Morgan fingerprint density at radius 1 is 1.10 bits per heavy atom. The Bertz CT molecular complexity index is 617. The highest BCUT2D eigenvalue weighted by atomic mass is 127. The summed E-state index contributed by atoms with van der Waals surface area (Å²) in [7, 11) is 6.71. The van der Waals surface area contributed by atoms with E-state index in [-0.39, 0.29) is 24.0 Å². The molecule has 0 aliphatic carbocycles. The van der Waals surface area contributed by atoms with Crippen LogP contribution < -0.4 is 24.8 Å². The summed E-state index contributed by atoms with van der Waals surface area (Å²) >= 11 is 0. The van der Waals surface area contributed by atoms with E-state index in [0.717, 1.165) is 42.2 Å². The van der Waals surface area contributed by atoms with Crippen LogP contribution in [0.25, 0.3) is 0 Å². The zero-order valence-corrected chi connectivity index (χ0v) is 20.7. The number of hydrogen-bond donors (Lipinski definition) is 2. The maximum absolute atomic E-state index is 5.51. The lowest BCUT2D eigenvalue weighted by Crippen LogP contribution is -2.45. The van der Waals surface area contributed by atoms with E-state index in [1.165, 1.54) is 32.2 Å². The fourth-order valence-corrected chi connectivity index (χ4v) is 3.78. The molecule has 166 valence electrons. The summed E-state index contributed by atoms with van der Waals surface area (Å²) in [5.41, 5.74) is 0.927. The molecule has 0 aromatic heterocycles. The first-order chi connectivity index (χ1) is 13.7. The zero-order chi connectivity index (χ0) is 20.4. The number of benzene rings is 1. The Hall–Kier alpha value is -1.42. The molecule has 1 aliphatic heterocycles. The van der Waals surface area contributed by atoms with E-state index in [2.05, 4.69) is 27.4 Å². The van der Waals surface area contributed by atoms with E-state index in [0.29, 0.717) is 12.3 Å². The van der Waals surface area contributed by atoms with Gasteiger partial charge in [-0.05, 0) is 25.8 Å². The minimum absolute atomic E-state index is 0. The van der Waals surface area contributed by atoms with Crippen LogP contribution in [-0.4, -0.2) is 64.9 Å². The first kappa shape index (κ1) is 25.6. The second kappa shape index (κ2) is 13.7. The summed E-state index contributed by atoms with van der Waals surface area (Å²) in [4.78, 5) is 6.94. The summed E-state index contributed by atoms with van der Waals surface area (Å²) < 4.78 is 16.3. The van der Waals surface area contributed by atoms with E-state index < -0.39 is 0 Å². The van der Waals surface area contributed by atoms with Crippen molar-refractivity contribution in [1.29, 1.82) is 0 Å². The molecule has 1 saturated heterocycles. The smallest absolute Gasteiger partial charge is 0.191 e. The maximum atomic E-state index is 5.51. The number of guanidine groups is 1. The van der Waals surface area contributed by atoms with Gasteiger partial charge in [-0.2, -0.15) is 0 Å². The average molecular weight is 520 g/mol. The zero-order valence-electron chi connectivity index (χ0n) is 18.4. The molecule has 0 saturated carbocycles. The molecule has 2 N–H and O–H groups in total. The fraction of sp³-hybridized carbons (Fsp3) is 0.667. The second-order valence-corrected chi connectivity index (χ2v) is 6.96. The molecule has 0 bridgehead atoms. The highest BCUT2D eigenvalue weighted by molar-refractivity contribution is 14.0. The van der Waals surface area contributed by atoms with Gasteiger partial charge in [0, 0.05) is 38.3 Å². The van der Waals surface area contributed by atoms with Crippen molar-refractivity contribution in [3.63, 3.8) is 0 Å². The van der Waals surface area contributed by atoms with Gasteiger partial charge in [0.15, 0.2) is 5.96 Å². The molecule has 1 unspecified atom stereocenters. The Balaban J connectivity index is 0.00000420. The highest BCUT2D eigenvalue weighted by Crippen LogP contribution is 2.33. The van der Waals surface area contributed by atoms with Crippen LogP contribution in [0.3, 0.4) is 0 Å². The molecule has 0 spiro atoms. The van der Waals surface area contributed by atoms with Gasteiger partial charge < -0.3 is 24.8 Å². The number of halogens is 1. The van der Waals surface area contributed by atoms with Crippen LogP contribution in [0.1, 0.15) is 38.2 Å². The fourth-order valence-electron chi connectivity index (χ4n) is 3.78. The van der Waals surface area contributed by atoms with Crippen molar-refractivity contribution < 1.29 is 14.2 Å². The normalized spacial score (nSPS) is 17.3. The minimum Gasteiger partial charge on any atom is -0.496 e. The quantitative estimate of drug-likeness (QED) is 0.296. The molecule has 1 aromatic rings. The van der Waals surface area contributed by atoms with Gasteiger partial charge in [-0.25, -0.2) is 0 Å². The predicted molar refractivity (Wildman–Crippen MR) is 129 cm³/mol. The lowest BCUT2D eigenvalue weighted by molar-refractivity contribution is 0.147. The monoisotopic (exact) mass is 520 g/mol. The third-order valence-electron chi connectivity index (χ3n) is 5.39. The van der Waals surface area contributed by atoms with Crippen molar-refractivity contribution in [3.05, 3.63) is 17.7 Å². The van der Waals surface area contributed by atoms with E-state index in [9.17, 15) is 0 Å². The molecule has 1 atom stereocenters. The summed E-state index contributed by atoms with van der Waals surface area (Å²) in [5.74, 6) is 2.91. The summed E-state index contributed by atoms with van der Waals surface area (Å²) in [6.07, 6.45) is 5.21. The van der Waals surface area contributed by atoms with Crippen LogP contribution in [0, 0.1) is 0 Å². The number of rotatable bonds is 9. The third kappa shape index (κ3) is 7.40. The molecule has 1 heterocycles. The van der Waals surface area contributed by atoms with Gasteiger partial charge in [0.05, 0.1) is 33.4 Å². The number of piperidine rings is 1. The standard InChI is InChI=1S/C21H36N4O3.HI/c1-6-16-9-7-8-11-25(16)12-10-23-21(22-2)24-15-18-19(27-4)13-17(26-3)14-20(18)28-5;/h13-14,16H,6-12,15H2,1-5H3,(H2,22,23,24);1H. The average Bonchev–Trinajstić information content (AvgIpc) is 2.75. The van der Waals surface area contributed by atoms with Crippen molar-refractivity contribution in [1.82, 2.24) is 15.5 Å². The third-order valence-corrected chi connectivity index (χ3v) is 5.39. The topological polar surface area (TPSA) is 67.4 Å². The van der Waals surface area contributed by atoms with Crippen molar-refractivity contribution in [3.8, 4) is 17.2 Å². The highest BCUT2D eigenvalue weighted by Gasteiger charge is 2.20. The Kier molecular flexibility index (Phi) is 12.1. The van der Waals surface area contributed by atoms with Gasteiger partial charge in [-0.15, -0.1) is 24.0 Å². The molecule has 7 nitrogen and oxygen atoms in total. The lowest BCUT2D eigenvalue weighted by atomic mass is 10.0. The van der Waals surface area contributed by atoms with Gasteiger partial charge in [-0.3, -0.25) is 9.89 Å². The maximum Gasteiger partial charge on any atom is 0.191 e. The summed E-state index contributed by atoms with van der Waals surface area (Å²) in [6.45, 7) is 5.93. The first-order valence-electron chi connectivity index (χ1n) is 10.1. The van der Waals surface area contributed by atoms with Crippen LogP contribution in [0.2, 0.25) is 0 Å². The van der Waals surface area contributed by atoms with Gasteiger partial charge in [0.25, 0.3) is 0 Å². The molecule has 2 rings (SSSR count). The lowest BCUT2D eigenvalue weighted by Gasteiger charge is -2.35. The van der Waals surface area contributed by atoms with Gasteiger partial charge >= 0.3 is 0 Å². The summed E-state index contributed by atoms with van der Waals surface area (Å²) in [6, 6.07) is 4.44. The number of aliphatic imine (C=N–C) groups is 1. The van der Waals surface area contributed by atoms with E-state index in [4.69, 9.17) is 14.2 Å². The summed E-state index contributed by atoms with van der Waals surface area (Å²) in [5, 5.41) is 6.78. The molecule has 8 heteroatoms. The molecule has 1 fully saturated rings. The molecular formula is C21H37IN4O3. The second-order valence-electron chi connectivity index (χ2n) is 6.96. The number of likely N-dealkylation sites (tertiary alicyclic amines) is 1. The molecular weight excluding hydrogens is 483 g/mol. The molecule has 0 radical (unpaired) electrons. The first-order valence-corrected chi connectivity index (χ1v) is 10.1. The Morgan fingerprint density at radius 3 is 2.34 bits per heavy atom. The molecule has 1 aromatic carbocycles. The largest absolute Gasteiger partial charge is 0.496 e. The molecule has 1 aliphatic rings. The number of ether oxygens (including phenoxy) is 3. The van der Waals surface area contributed by atoms with E-state index in [1.807, 2.05) is 12.1 Å². The SMILES string of the molecule is CCC1CCCCN1CCNC(=NC)NCc1c(OC)cc(OC)cc1OC.I. The van der Waals surface area contributed by atoms with Crippen LogP contribution in [0.4, 0.5) is 0 Å². The predicted octanol–water partition coefficient (Wildman–Crippen LogP) is 3.26. The van der Waals surface area contributed by atoms with Gasteiger partial charge in [0.1, 0.15) is 17.2 Å². The van der Waals surface area contributed by atoms with Crippen molar-refractivity contribution >= 4 is 29.9 Å². The number of hydrogen-bond acceptors (Lipinski definition) is 5. The Labute approximate surface area is 192 Å². The minimum atomic E-state index is 0. The van der Waals surface area contributed by atoms with Crippen molar-refractivity contribution in [2.24, 2.45) is 4.99 Å². The van der Waals surface area contributed by atoms with E-state index >= 15 is 0 Å². The number of methoxy groups -OCH3 is 3. The van der Waals surface area contributed by atoms with Crippen LogP contribution in [0.15, 0.2) is 17.1 Å². The van der Waals surface area contributed by atoms with Gasteiger partial charge in [-0.1, -0.05) is 13.3 Å². The molecule has 0 amide bonds. The molecule has 29 heavy (non-hydrogen) atoms. The van der Waals surface area contributed by atoms with E-state index in [1.54, 1.807) is 28.4 Å². The Morgan fingerprint density at radius 2 is 1.79 bits per heavy atom. The van der Waals surface area contributed by atoms with Crippen LogP contribution in [-0.2, 0) is 6.54 Å². The van der Waals surface area contributed by atoms with Crippen LogP contribution in [0.5, 0.6) is 17.2 Å².